The molecule has 0 N–H and O–H groups in total. The van der Waals surface area contributed by atoms with E-state index in [1.54, 1.807) is 6.92 Å². The summed E-state index contributed by atoms with van der Waals surface area (Å²) in [5.41, 5.74) is 0. The van der Waals surface area contributed by atoms with Gasteiger partial charge in [-0.05, 0) is 13.8 Å². The van der Waals surface area contributed by atoms with Crippen LogP contribution >= 0.6 is 0 Å². The average molecular weight is 206 g/mol. The largest absolute Gasteiger partial charge is 0.465 e. The Hall–Kier alpha value is -1.17. The lowest BCUT2D eigenvalue weighted by Crippen LogP contribution is -2.25. The maximum atomic E-state index is 11.0. The van der Waals surface area contributed by atoms with E-state index in [9.17, 15) is 18.0 Å². The van der Waals surface area contributed by atoms with Gasteiger partial charge in [0.25, 0.3) is 0 Å². The van der Waals surface area contributed by atoms with E-state index in [1.807, 2.05) is 0 Å². The van der Waals surface area contributed by atoms with Crippen molar-refractivity contribution in [3.63, 3.8) is 0 Å². The van der Waals surface area contributed by atoms with Crippen molar-refractivity contribution in [2.24, 2.45) is 5.92 Å². The molecule has 0 aromatic rings. The molecule has 1 atom stereocenters. The van der Waals surface area contributed by atoms with Crippen LogP contribution in [0.3, 0.4) is 0 Å². The van der Waals surface area contributed by atoms with E-state index in [0.29, 0.717) is 5.37 Å². The number of esters is 1. The molecule has 0 spiro atoms. The maximum absolute atomic E-state index is 11.0. The van der Waals surface area contributed by atoms with Crippen molar-refractivity contribution in [2.45, 2.75) is 13.8 Å². The first kappa shape index (κ1) is 11.8. The quantitative estimate of drug-likeness (QED) is 0.350. The van der Waals surface area contributed by atoms with Gasteiger partial charge in [-0.2, -0.15) is 8.42 Å². The van der Waals surface area contributed by atoms with Crippen molar-refractivity contribution in [2.75, 3.05) is 6.61 Å². The third-order valence-electron chi connectivity index (χ3n) is 1.23. The van der Waals surface area contributed by atoms with Crippen molar-refractivity contribution in [1.29, 1.82) is 0 Å². The number of ketones is 1. The van der Waals surface area contributed by atoms with E-state index in [4.69, 9.17) is 0 Å². The number of hydrogen-bond acceptors (Lipinski definition) is 5. The van der Waals surface area contributed by atoms with Crippen LogP contribution < -0.4 is 0 Å². The average Bonchev–Trinajstić information content (AvgIpc) is 1.99. The molecule has 0 bridgehead atoms. The lowest BCUT2D eigenvalue weighted by atomic mass is 10.1. The summed E-state index contributed by atoms with van der Waals surface area (Å²) in [5, 5.41) is 0.625. The third-order valence-corrected chi connectivity index (χ3v) is 1.72. The highest BCUT2D eigenvalue weighted by Gasteiger charge is 2.22. The van der Waals surface area contributed by atoms with Gasteiger partial charge in [-0.25, -0.2) is 0 Å². The summed E-state index contributed by atoms with van der Waals surface area (Å²) in [6.45, 7) is 2.82. The minimum absolute atomic E-state index is 0.113. The highest BCUT2D eigenvalue weighted by atomic mass is 32.2. The lowest BCUT2D eigenvalue weighted by Gasteiger charge is -2.05. The Morgan fingerprint density at radius 2 is 2.00 bits per heavy atom. The molecule has 0 aliphatic heterocycles. The SMILES string of the molecule is CCOC(=O)C(C=S(=O)=O)C(C)=O. The van der Waals surface area contributed by atoms with Crippen LogP contribution in [-0.2, 0) is 24.6 Å². The second-order valence-corrected chi connectivity index (χ2v) is 3.03. The summed E-state index contributed by atoms with van der Waals surface area (Å²) in [6.07, 6.45) is 0. The van der Waals surface area contributed by atoms with E-state index in [1.165, 1.54) is 0 Å². The highest BCUT2D eigenvalue weighted by Crippen LogP contribution is 1.97. The van der Waals surface area contributed by atoms with Gasteiger partial charge in [0.1, 0.15) is 11.7 Å². The number of carbonyl (C=O) groups excluding carboxylic acids is 2. The van der Waals surface area contributed by atoms with Gasteiger partial charge >= 0.3 is 5.97 Å². The summed E-state index contributed by atoms with van der Waals surface area (Å²) in [7, 11) is -2.54. The molecule has 5 nitrogen and oxygen atoms in total. The third kappa shape index (κ3) is 4.41. The Kier molecular flexibility index (Phi) is 4.98. The molecule has 0 saturated carbocycles. The summed E-state index contributed by atoms with van der Waals surface area (Å²) in [4.78, 5) is 21.8. The van der Waals surface area contributed by atoms with Crippen molar-refractivity contribution < 1.29 is 22.7 Å². The molecule has 0 heterocycles. The molecule has 0 aliphatic rings. The van der Waals surface area contributed by atoms with Gasteiger partial charge in [0.2, 0.25) is 10.3 Å². The monoisotopic (exact) mass is 206 g/mol. The first-order chi connectivity index (χ1) is 5.99. The van der Waals surface area contributed by atoms with Crippen molar-refractivity contribution in [1.82, 2.24) is 0 Å². The van der Waals surface area contributed by atoms with Gasteiger partial charge in [-0.15, -0.1) is 0 Å². The molecular weight excluding hydrogens is 196 g/mol. The van der Waals surface area contributed by atoms with E-state index in [2.05, 4.69) is 4.74 Å². The first-order valence-corrected chi connectivity index (χ1v) is 4.73. The molecule has 0 aromatic heterocycles. The zero-order valence-corrected chi connectivity index (χ0v) is 8.13. The fraction of sp³-hybridized carbons (Fsp3) is 0.571. The molecule has 0 radical (unpaired) electrons. The van der Waals surface area contributed by atoms with E-state index < -0.39 is 28.0 Å². The fourth-order valence-corrected chi connectivity index (χ4v) is 1.19. The molecule has 0 rings (SSSR count). The lowest BCUT2D eigenvalue weighted by molar-refractivity contribution is -0.147. The molecule has 74 valence electrons. The normalized spacial score (nSPS) is 11.5. The Bertz CT molecular complexity index is 319. The smallest absolute Gasteiger partial charge is 0.321 e. The van der Waals surface area contributed by atoms with Crippen LogP contribution in [0.15, 0.2) is 0 Å². The molecule has 0 aliphatic carbocycles. The van der Waals surface area contributed by atoms with Crippen molar-refractivity contribution in [3.05, 3.63) is 0 Å². The summed E-state index contributed by atoms with van der Waals surface area (Å²) in [6, 6.07) is 0. The number of rotatable bonds is 4. The van der Waals surface area contributed by atoms with Gasteiger partial charge in [0.15, 0.2) is 0 Å². The van der Waals surface area contributed by atoms with Gasteiger partial charge in [-0.1, -0.05) is 0 Å². The van der Waals surface area contributed by atoms with Crippen LogP contribution in [0.4, 0.5) is 0 Å². The van der Waals surface area contributed by atoms with Gasteiger partial charge in [0, 0.05) is 0 Å². The minimum atomic E-state index is -2.54. The van der Waals surface area contributed by atoms with E-state index >= 15 is 0 Å². The van der Waals surface area contributed by atoms with Crippen LogP contribution in [0.2, 0.25) is 0 Å². The maximum Gasteiger partial charge on any atom is 0.321 e. The number of hydrogen-bond donors (Lipinski definition) is 0. The summed E-state index contributed by atoms with van der Waals surface area (Å²) >= 11 is 0. The van der Waals surface area contributed by atoms with Crippen molar-refractivity contribution in [3.8, 4) is 0 Å². The second-order valence-electron chi connectivity index (χ2n) is 2.24. The minimum Gasteiger partial charge on any atom is -0.465 e. The predicted octanol–water partition coefficient (Wildman–Crippen LogP) is -0.564. The van der Waals surface area contributed by atoms with E-state index in [0.717, 1.165) is 6.92 Å². The highest BCUT2D eigenvalue weighted by molar-refractivity contribution is 7.71. The molecule has 13 heavy (non-hydrogen) atoms. The molecule has 0 saturated heterocycles. The van der Waals surface area contributed by atoms with Gasteiger partial charge in [0.05, 0.1) is 12.0 Å². The molecule has 0 amide bonds. The molecule has 0 aromatic carbocycles. The Morgan fingerprint density at radius 1 is 1.46 bits per heavy atom. The number of Topliss-reactive ketones (excluding diaryl/α,β-unsaturated/α-hetero) is 1. The standard InChI is InChI=1S/C7H10O5S/c1-3-12-7(9)6(5(2)8)4-13(10)11/h4,6H,3H2,1-2H3. The van der Waals surface area contributed by atoms with E-state index in [-0.39, 0.29) is 6.61 Å². The van der Waals surface area contributed by atoms with Gasteiger partial charge < -0.3 is 4.74 Å². The zero-order chi connectivity index (χ0) is 10.4. The number of ether oxygens (including phenoxy) is 1. The molecule has 1 unspecified atom stereocenters. The van der Waals surface area contributed by atoms with Crippen LogP contribution in [0.5, 0.6) is 0 Å². The van der Waals surface area contributed by atoms with Crippen molar-refractivity contribution >= 4 is 27.4 Å². The summed E-state index contributed by atoms with van der Waals surface area (Å²) in [5.74, 6) is -2.69. The fourth-order valence-electron chi connectivity index (χ4n) is 0.660. The second kappa shape index (κ2) is 5.47. The first-order valence-electron chi connectivity index (χ1n) is 3.59. The zero-order valence-electron chi connectivity index (χ0n) is 7.31. The Labute approximate surface area is 77.2 Å². The summed E-state index contributed by atoms with van der Waals surface area (Å²) < 4.78 is 24.9. The Morgan fingerprint density at radius 3 is 2.31 bits per heavy atom. The van der Waals surface area contributed by atoms with Crippen LogP contribution in [0.25, 0.3) is 0 Å². The van der Waals surface area contributed by atoms with Crippen LogP contribution in [0, 0.1) is 5.92 Å². The Balaban J connectivity index is 4.72. The van der Waals surface area contributed by atoms with Gasteiger partial charge in [-0.3, -0.25) is 9.59 Å². The topological polar surface area (TPSA) is 77.5 Å². The molecule has 0 fully saturated rings. The number of carbonyl (C=O) groups is 2. The molecular formula is C7H10O5S. The van der Waals surface area contributed by atoms with Crippen LogP contribution in [-0.4, -0.2) is 32.1 Å². The van der Waals surface area contributed by atoms with Crippen LogP contribution in [0.1, 0.15) is 13.8 Å². The molecule has 6 heteroatoms. The predicted molar refractivity (Wildman–Crippen MR) is 45.8 cm³/mol.